The average molecular weight is 225 g/mol. The molecule has 0 spiro atoms. The van der Waals surface area contributed by atoms with Crippen LogP contribution < -0.4 is 0 Å². The molecule has 74 valence electrons. The molecule has 0 saturated carbocycles. The summed E-state index contributed by atoms with van der Waals surface area (Å²) in [6.07, 6.45) is 5.73. The van der Waals surface area contributed by atoms with Gasteiger partial charge in [0.05, 0.1) is 0 Å². The van der Waals surface area contributed by atoms with Crippen LogP contribution >= 0.6 is 23.4 Å². The molecule has 1 aromatic rings. The molecule has 0 heterocycles. The zero-order valence-corrected chi connectivity index (χ0v) is 9.52. The van der Waals surface area contributed by atoms with Crippen molar-refractivity contribution in [3.05, 3.63) is 41.4 Å². The summed E-state index contributed by atoms with van der Waals surface area (Å²) in [6, 6.07) is 10.5. The molecular formula is C12H13ClS. The van der Waals surface area contributed by atoms with Gasteiger partial charge in [-0.2, -0.15) is 0 Å². The van der Waals surface area contributed by atoms with E-state index in [1.807, 2.05) is 17.8 Å². The molecule has 2 rings (SSSR count). The van der Waals surface area contributed by atoms with Gasteiger partial charge in [-0.25, -0.2) is 0 Å². The lowest BCUT2D eigenvalue weighted by atomic mass is 10.1. The number of allylic oxidation sites excluding steroid dienone is 1. The van der Waals surface area contributed by atoms with Gasteiger partial charge < -0.3 is 0 Å². The molecule has 1 unspecified atom stereocenters. The molecule has 0 N–H and O–H groups in total. The van der Waals surface area contributed by atoms with Gasteiger partial charge in [-0.1, -0.05) is 35.9 Å². The SMILES string of the molecule is ClC1=CC(Sc2ccccc2)CCC1. The van der Waals surface area contributed by atoms with Crippen LogP contribution in [0, 0.1) is 0 Å². The first-order valence-corrected chi connectivity index (χ1v) is 6.18. The van der Waals surface area contributed by atoms with Gasteiger partial charge in [0.1, 0.15) is 0 Å². The average Bonchev–Trinajstić information content (AvgIpc) is 2.19. The molecule has 0 amide bonds. The Morgan fingerprint density at radius 1 is 1.21 bits per heavy atom. The third-order valence-corrected chi connectivity index (χ3v) is 3.84. The summed E-state index contributed by atoms with van der Waals surface area (Å²) >= 11 is 7.93. The van der Waals surface area contributed by atoms with Crippen molar-refractivity contribution in [1.29, 1.82) is 0 Å². The Morgan fingerprint density at radius 3 is 2.71 bits per heavy atom. The number of rotatable bonds is 2. The first kappa shape index (κ1) is 10.1. The van der Waals surface area contributed by atoms with Crippen LogP contribution in [0.2, 0.25) is 0 Å². The van der Waals surface area contributed by atoms with E-state index in [0.29, 0.717) is 5.25 Å². The van der Waals surface area contributed by atoms with Gasteiger partial charge in [-0.05, 0) is 31.4 Å². The zero-order valence-electron chi connectivity index (χ0n) is 7.95. The van der Waals surface area contributed by atoms with E-state index in [1.54, 1.807) is 0 Å². The highest BCUT2D eigenvalue weighted by atomic mass is 35.5. The van der Waals surface area contributed by atoms with E-state index >= 15 is 0 Å². The summed E-state index contributed by atoms with van der Waals surface area (Å²) in [4.78, 5) is 1.33. The Labute approximate surface area is 94.4 Å². The highest BCUT2D eigenvalue weighted by Crippen LogP contribution is 2.33. The Bertz CT molecular complexity index is 318. The lowest BCUT2D eigenvalue weighted by Crippen LogP contribution is -2.03. The van der Waals surface area contributed by atoms with E-state index in [2.05, 4.69) is 30.3 Å². The summed E-state index contributed by atoms with van der Waals surface area (Å²) < 4.78 is 0. The van der Waals surface area contributed by atoms with Gasteiger partial charge in [0.15, 0.2) is 0 Å². The third kappa shape index (κ3) is 2.79. The van der Waals surface area contributed by atoms with Crippen LogP contribution in [0.25, 0.3) is 0 Å². The standard InChI is InChI=1S/C12H13ClS/c13-10-5-4-8-12(9-10)14-11-6-2-1-3-7-11/h1-3,6-7,9,12H,4-5,8H2. The maximum atomic E-state index is 6.03. The van der Waals surface area contributed by atoms with Crippen molar-refractivity contribution in [2.24, 2.45) is 0 Å². The van der Waals surface area contributed by atoms with Gasteiger partial charge in [0.25, 0.3) is 0 Å². The summed E-state index contributed by atoms with van der Waals surface area (Å²) in [6.45, 7) is 0. The van der Waals surface area contributed by atoms with Gasteiger partial charge in [0.2, 0.25) is 0 Å². The Hall–Kier alpha value is -0.400. The van der Waals surface area contributed by atoms with Crippen molar-refractivity contribution >= 4 is 23.4 Å². The number of thioether (sulfide) groups is 1. The molecule has 1 aromatic carbocycles. The number of halogens is 1. The van der Waals surface area contributed by atoms with Crippen LogP contribution in [0.3, 0.4) is 0 Å². The molecule has 0 nitrogen and oxygen atoms in total. The topological polar surface area (TPSA) is 0 Å². The molecule has 0 aliphatic heterocycles. The van der Waals surface area contributed by atoms with Crippen molar-refractivity contribution in [3.8, 4) is 0 Å². The minimum Gasteiger partial charge on any atom is -0.119 e. The predicted octanol–water partition coefficient (Wildman–Crippen LogP) is 4.45. The van der Waals surface area contributed by atoms with Gasteiger partial charge in [-0.3, -0.25) is 0 Å². The van der Waals surface area contributed by atoms with Crippen molar-refractivity contribution < 1.29 is 0 Å². The van der Waals surface area contributed by atoms with Crippen LogP contribution in [0.1, 0.15) is 19.3 Å². The predicted molar refractivity (Wildman–Crippen MR) is 63.9 cm³/mol. The summed E-state index contributed by atoms with van der Waals surface area (Å²) in [7, 11) is 0. The fraction of sp³-hybridized carbons (Fsp3) is 0.333. The Morgan fingerprint density at radius 2 is 2.00 bits per heavy atom. The maximum absolute atomic E-state index is 6.03. The second-order valence-electron chi connectivity index (χ2n) is 3.48. The van der Waals surface area contributed by atoms with Gasteiger partial charge in [0, 0.05) is 15.2 Å². The molecule has 2 heteroatoms. The van der Waals surface area contributed by atoms with E-state index in [4.69, 9.17) is 11.6 Å². The van der Waals surface area contributed by atoms with E-state index in [9.17, 15) is 0 Å². The van der Waals surface area contributed by atoms with Crippen LogP contribution in [-0.2, 0) is 0 Å². The van der Waals surface area contributed by atoms with Crippen molar-refractivity contribution in [3.63, 3.8) is 0 Å². The van der Waals surface area contributed by atoms with Crippen molar-refractivity contribution in [2.75, 3.05) is 0 Å². The van der Waals surface area contributed by atoms with Gasteiger partial charge >= 0.3 is 0 Å². The molecule has 0 bridgehead atoms. The highest BCUT2D eigenvalue weighted by Gasteiger charge is 2.13. The third-order valence-electron chi connectivity index (χ3n) is 2.30. The van der Waals surface area contributed by atoms with E-state index in [-0.39, 0.29) is 0 Å². The van der Waals surface area contributed by atoms with E-state index < -0.39 is 0 Å². The summed E-state index contributed by atoms with van der Waals surface area (Å²) in [5.41, 5.74) is 0. The fourth-order valence-corrected chi connectivity index (χ4v) is 3.15. The van der Waals surface area contributed by atoms with Gasteiger partial charge in [-0.15, -0.1) is 11.8 Å². The molecular weight excluding hydrogens is 212 g/mol. The quantitative estimate of drug-likeness (QED) is 0.715. The Kier molecular flexibility index (Phi) is 3.55. The lowest BCUT2D eigenvalue weighted by molar-refractivity contribution is 0.732. The van der Waals surface area contributed by atoms with E-state index in [0.717, 1.165) is 11.5 Å². The number of hydrogen-bond acceptors (Lipinski definition) is 1. The Balaban J connectivity index is 2.01. The van der Waals surface area contributed by atoms with Crippen LogP contribution in [0.15, 0.2) is 46.3 Å². The van der Waals surface area contributed by atoms with Crippen LogP contribution in [0.5, 0.6) is 0 Å². The molecule has 1 atom stereocenters. The van der Waals surface area contributed by atoms with Crippen molar-refractivity contribution in [2.45, 2.75) is 29.4 Å². The minimum atomic E-state index is 0.568. The molecule has 0 radical (unpaired) electrons. The molecule has 14 heavy (non-hydrogen) atoms. The second kappa shape index (κ2) is 4.90. The smallest absolute Gasteiger partial charge is 0.0288 e. The zero-order chi connectivity index (χ0) is 9.80. The first-order chi connectivity index (χ1) is 6.84. The monoisotopic (exact) mass is 224 g/mol. The van der Waals surface area contributed by atoms with Crippen molar-refractivity contribution in [1.82, 2.24) is 0 Å². The number of benzene rings is 1. The lowest BCUT2D eigenvalue weighted by Gasteiger charge is -2.17. The maximum Gasteiger partial charge on any atom is 0.0288 e. The minimum absolute atomic E-state index is 0.568. The van der Waals surface area contributed by atoms with E-state index in [1.165, 1.54) is 17.7 Å². The molecule has 1 aliphatic rings. The largest absolute Gasteiger partial charge is 0.119 e. The molecule has 0 aromatic heterocycles. The number of hydrogen-bond donors (Lipinski definition) is 0. The molecule has 1 aliphatic carbocycles. The highest BCUT2D eigenvalue weighted by molar-refractivity contribution is 8.00. The molecule has 0 saturated heterocycles. The first-order valence-electron chi connectivity index (χ1n) is 4.92. The molecule has 0 fully saturated rings. The fourth-order valence-electron chi connectivity index (χ4n) is 1.61. The summed E-state index contributed by atoms with van der Waals surface area (Å²) in [5.74, 6) is 0. The van der Waals surface area contributed by atoms with Crippen LogP contribution in [0.4, 0.5) is 0 Å². The summed E-state index contributed by atoms with van der Waals surface area (Å²) in [5, 5.41) is 1.60. The normalized spacial score (nSPS) is 21.8. The van der Waals surface area contributed by atoms with Crippen LogP contribution in [-0.4, -0.2) is 5.25 Å². The second-order valence-corrected chi connectivity index (χ2v) is 5.27.